The molecule has 2 bridgehead atoms. The number of carbonyl (C=O) groups excluding carboxylic acids is 5. The molecule has 0 aromatic heterocycles. The molecule has 3 aromatic rings. The molecular formula is C37H45N5O8. The number of benzene rings is 3. The Bertz CT molecular complexity index is 1740. The van der Waals surface area contributed by atoms with Crippen molar-refractivity contribution in [2.24, 2.45) is 5.73 Å². The lowest BCUT2D eigenvalue weighted by molar-refractivity contribution is -0.147. The molecule has 0 saturated carbocycles. The Morgan fingerprint density at radius 2 is 1.66 bits per heavy atom. The van der Waals surface area contributed by atoms with Gasteiger partial charge >= 0.3 is 0 Å². The van der Waals surface area contributed by atoms with Gasteiger partial charge in [-0.25, -0.2) is 0 Å². The van der Waals surface area contributed by atoms with Crippen LogP contribution in [-0.2, 0) is 25.6 Å². The van der Waals surface area contributed by atoms with Gasteiger partial charge < -0.3 is 41.2 Å². The minimum atomic E-state index is -1.77. The van der Waals surface area contributed by atoms with Gasteiger partial charge in [-0.2, -0.15) is 0 Å². The predicted octanol–water partition coefficient (Wildman–Crippen LogP) is 1.97. The predicted molar refractivity (Wildman–Crippen MR) is 185 cm³/mol. The molecule has 50 heavy (non-hydrogen) atoms. The van der Waals surface area contributed by atoms with E-state index in [1.54, 1.807) is 36.4 Å². The summed E-state index contributed by atoms with van der Waals surface area (Å²) in [6.07, 6.45) is -0.826. The van der Waals surface area contributed by atoms with E-state index in [9.17, 15) is 29.1 Å². The van der Waals surface area contributed by atoms with Crippen molar-refractivity contribution < 1.29 is 38.6 Å². The quantitative estimate of drug-likeness (QED) is 0.269. The fourth-order valence-corrected chi connectivity index (χ4v) is 6.19. The third kappa shape index (κ3) is 9.08. The second-order valence-electron chi connectivity index (χ2n) is 13.8. The second kappa shape index (κ2) is 15.6. The summed E-state index contributed by atoms with van der Waals surface area (Å²) in [7, 11) is 0. The smallest absolute Gasteiger partial charge is 0.255 e. The molecule has 13 nitrogen and oxygen atoms in total. The van der Waals surface area contributed by atoms with Crippen molar-refractivity contribution in [2.75, 3.05) is 19.8 Å². The molecule has 3 heterocycles. The number of fused-ring (bicyclic) bond motifs is 13. The van der Waals surface area contributed by atoms with Crippen LogP contribution in [0.4, 0.5) is 0 Å². The second-order valence-corrected chi connectivity index (χ2v) is 13.8. The van der Waals surface area contributed by atoms with E-state index < -0.39 is 59.8 Å². The van der Waals surface area contributed by atoms with Crippen LogP contribution >= 0.6 is 0 Å². The van der Waals surface area contributed by atoms with Crippen molar-refractivity contribution in [1.29, 1.82) is 0 Å². The van der Waals surface area contributed by atoms with Crippen LogP contribution in [0.25, 0.3) is 10.8 Å². The summed E-state index contributed by atoms with van der Waals surface area (Å²) in [6.45, 7) is 6.34. The van der Waals surface area contributed by atoms with Gasteiger partial charge in [0.25, 0.3) is 11.8 Å². The Morgan fingerprint density at radius 3 is 2.34 bits per heavy atom. The van der Waals surface area contributed by atoms with Crippen LogP contribution in [0.2, 0.25) is 0 Å². The number of nitrogens with one attached hydrogen (secondary N) is 3. The van der Waals surface area contributed by atoms with Gasteiger partial charge in [0.2, 0.25) is 17.7 Å². The maximum Gasteiger partial charge on any atom is 0.255 e. The van der Waals surface area contributed by atoms with Gasteiger partial charge in [-0.05, 0) is 80.6 Å². The summed E-state index contributed by atoms with van der Waals surface area (Å²) in [5.74, 6) is -2.56. The maximum absolute atomic E-state index is 13.9. The van der Waals surface area contributed by atoms with E-state index in [1.807, 2.05) is 45.0 Å². The van der Waals surface area contributed by atoms with Crippen molar-refractivity contribution in [2.45, 2.75) is 82.6 Å². The number of amides is 5. The van der Waals surface area contributed by atoms with Gasteiger partial charge in [0.1, 0.15) is 23.6 Å². The van der Waals surface area contributed by atoms with E-state index in [-0.39, 0.29) is 36.8 Å². The van der Waals surface area contributed by atoms with Crippen LogP contribution < -0.4 is 31.2 Å². The van der Waals surface area contributed by atoms with Crippen molar-refractivity contribution in [3.63, 3.8) is 0 Å². The number of likely N-dealkylation sites (tertiary alicyclic amines) is 1. The van der Waals surface area contributed by atoms with E-state index in [0.29, 0.717) is 37.2 Å². The van der Waals surface area contributed by atoms with Gasteiger partial charge in [0.05, 0.1) is 31.2 Å². The highest BCUT2D eigenvalue weighted by Gasteiger charge is 2.41. The number of primary amides is 1. The van der Waals surface area contributed by atoms with Gasteiger partial charge in [-0.3, -0.25) is 24.0 Å². The van der Waals surface area contributed by atoms with Crippen molar-refractivity contribution in [3.8, 4) is 11.5 Å². The molecule has 0 radical (unpaired) electrons. The van der Waals surface area contributed by atoms with Crippen molar-refractivity contribution in [3.05, 3.63) is 71.8 Å². The highest BCUT2D eigenvalue weighted by atomic mass is 16.5. The molecular weight excluding hydrogens is 642 g/mol. The molecule has 6 N–H and O–H groups in total. The normalized spacial score (nSPS) is 21.0. The summed E-state index contributed by atoms with van der Waals surface area (Å²) >= 11 is 0. The third-order valence-corrected chi connectivity index (χ3v) is 8.61. The molecule has 1 fully saturated rings. The first-order chi connectivity index (χ1) is 23.8. The molecule has 3 aliphatic rings. The molecule has 5 amide bonds. The minimum absolute atomic E-state index is 0.00548. The summed E-state index contributed by atoms with van der Waals surface area (Å²) < 4.78 is 11.9. The highest BCUT2D eigenvalue weighted by molar-refractivity contribution is 6.04. The molecule has 4 atom stereocenters. The van der Waals surface area contributed by atoms with Crippen LogP contribution in [-0.4, -0.2) is 89.1 Å². The molecule has 0 unspecified atom stereocenters. The first-order valence-electron chi connectivity index (χ1n) is 16.9. The van der Waals surface area contributed by atoms with Crippen LogP contribution in [0.3, 0.4) is 0 Å². The molecule has 13 heteroatoms. The summed E-state index contributed by atoms with van der Waals surface area (Å²) in [5.41, 5.74) is 5.79. The largest absolute Gasteiger partial charge is 0.493 e. The lowest BCUT2D eigenvalue weighted by Crippen LogP contribution is -2.59. The SMILES string of the molecule is CC(C)(C)NC(=O)[C@@H]1CCCN1C(=O)[C@@H](O)[C@@H]1Cc2ccc(cc2)OCCCOc2cc3ccccc3cc2C(=O)N[C@@H](CC(N)=O)C(=O)N1. The van der Waals surface area contributed by atoms with Gasteiger partial charge in [-0.15, -0.1) is 0 Å². The Labute approximate surface area is 290 Å². The number of hydrogen-bond donors (Lipinski definition) is 5. The van der Waals surface area contributed by atoms with Gasteiger partial charge in [0.15, 0.2) is 6.10 Å². The number of nitrogens with two attached hydrogens (primary N) is 1. The zero-order valence-corrected chi connectivity index (χ0v) is 28.6. The molecule has 3 aromatic carbocycles. The van der Waals surface area contributed by atoms with Crippen molar-refractivity contribution >= 4 is 40.3 Å². The van der Waals surface area contributed by atoms with Crippen LogP contribution in [0, 0.1) is 0 Å². The first-order valence-corrected chi connectivity index (χ1v) is 16.9. The molecule has 266 valence electrons. The molecule has 0 spiro atoms. The lowest BCUT2D eigenvalue weighted by Gasteiger charge is -2.32. The standard InChI is InChI=1S/C37H45N5O8/c1-37(2,3)41-35(47)29-10-6-15-42(29)36(48)32(44)27-18-22-11-13-25(14-12-22)49-16-7-17-50-30-20-24-9-5-4-8-23(24)19-26(30)33(45)40-28(21-31(38)43)34(46)39-27/h4-5,8-9,11-14,19-20,27-29,32,44H,6-7,10,15-18,21H2,1-3H3,(H2,38,43)(H,39,46)(H,40,45)(H,41,47)/t27-,28-,29-,32-/m0/s1. The average molecular weight is 688 g/mol. The highest BCUT2D eigenvalue weighted by Crippen LogP contribution is 2.27. The van der Waals surface area contributed by atoms with Crippen LogP contribution in [0.5, 0.6) is 11.5 Å². The van der Waals surface area contributed by atoms with Crippen molar-refractivity contribution in [1.82, 2.24) is 20.9 Å². The summed E-state index contributed by atoms with van der Waals surface area (Å²) in [4.78, 5) is 68.1. The monoisotopic (exact) mass is 687 g/mol. The maximum atomic E-state index is 13.9. The third-order valence-electron chi connectivity index (χ3n) is 8.61. The number of hydrogen-bond acceptors (Lipinski definition) is 8. The van der Waals surface area contributed by atoms with Crippen LogP contribution in [0.15, 0.2) is 60.7 Å². The Hall–Kier alpha value is -5.17. The summed E-state index contributed by atoms with van der Waals surface area (Å²) in [6, 6.07) is 14.3. The summed E-state index contributed by atoms with van der Waals surface area (Å²) in [5, 5.41) is 21.4. The van der Waals surface area contributed by atoms with E-state index in [4.69, 9.17) is 15.2 Å². The minimum Gasteiger partial charge on any atom is -0.493 e. The molecule has 1 saturated heterocycles. The Kier molecular flexibility index (Phi) is 11.3. The van der Waals surface area contributed by atoms with E-state index >= 15 is 0 Å². The fourth-order valence-electron chi connectivity index (χ4n) is 6.19. The number of aliphatic hydroxyl groups is 1. The fraction of sp³-hybridized carbons (Fsp3) is 0.432. The number of rotatable bonds is 5. The zero-order chi connectivity index (χ0) is 36.0. The molecule has 0 aliphatic carbocycles. The average Bonchev–Trinajstić information content (AvgIpc) is 3.56. The van der Waals surface area contributed by atoms with Crippen LogP contribution in [0.1, 0.15) is 62.4 Å². The molecule has 6 rings (SSSR count). The van der Waals surface area contributed by atoms with E-state index in [0.717, 1.165) is 10.8 Å². The Morgan fingerprint density at radius 1 is 0.980 bits per heavy atom. The molecule has 3 aliphatic heterocycles. The van der Waals surface area contributed by atoms with Gasteiger partial charge in [0, 0.05) is 18.5 Å². The topological polar surface area (TPSA) is 189 Å². The number of carbonyl (C=O) groups is 5. The number of nitrogens with zero attached hydrogens (tertiary/aromatic N) is 1. The first kappa shape index (κ1) is 36.1. The van der Waals surface area contributed by atoms with E-state index in [2.05, 4.69) is 16.0 Å². The zero-order valence-electron chi connectivity index (χ0n) is 28.6. The van der Waals surface area contributed by atoms with Gasteiger partial charge in [-0.1, -0.05) is 36.4 Å². The Balaban J connectivity index is 1.47. The lowest BCUT2D eigenvalue weighted by atomic mass is 9.98. The number of ether oxygens (including phenoxy) is 2. The van der Waals surface area contributed by atoms with E-state index in [1.165, 1.54) is 4.90 Å². The number of aliphatic hydroxyl groups excluding tert-OH is 1.